The maximum absolute atomic E-state index is 3.90. The van der Waals surface area contributed by atoms with Gasteiger partial charge in [-0.05, 0) is 68.1 Å². The van der Waals surface area contributed by atoms with Crippen molar-refractivity contribution in [1.82, 2.24) is 5.32 Å². The summed E-state index contributed by atoms with van der Waals surface area (Å²) in [4.78, 5) is 0. The summed E-state index contributed by atoms with van der Waals surface area (Å²) >= 11 is 3.51. The molecule has 20 heavy (non-hydrogen) atoms. The molecule has 2 saturated carbocycles. The highest BCUT2D eigenvalue weighted by Crippen LogP contribution is 2.38. The van der Waals surface area contributed by atoms with Crippen molar-refractivity contribution >= 4 is 15.9 Å². The summed E-state index contributed by atoms with van der Waals surface area (Å²) in [5.41, 5.74) is 1.51. The molecule has 0 aromatic heterocycles. The Morgan fingerprint density at radius 3 is 2.25 bits per heavy atom. The Bertz CT molecular complexity index is 414. The van der Waals surface area contributed by atoms with Gasteiger partial charge in [0.25, 0.3) is 0 Å². The summed E-state index contributed by atoms with van der Waals surface area (Å²) < 4.78 is 1.18. The van der Waals surface area contributed by atoms with Crippen LogP contribution in [0.5, 0.6) is 0 Å². The van der Waals surface area contributed by atoms with E-state index in [4.69, 9.17) is 0 Å². The lowest BCUT2D eigenvalue weighted by Crippen LogP contribution is -2.46. The number of nitrogens with one attached hydrogen (secondary N) is 1. The second-order valence-electron chi connectivity index (χ2n) is 6.71. The summed E-state index contributed by atoms with van der Waals surface area (Å²) in [5, 5.41) is 3.90. The average molecular weight is 336 g/mol. The summed E-state index contributed by atoms with van der Waals surface area (Å²) in [7, 11) is 0. The molecule has 3 rings (SSSR count). The molecule has 1 aromatic rings. The van der Waals surface area contributed by atoms with Gasteiger partial charge in [0.1, 0.15) is 0 Å². The zero-order chi connectivity index (χ0) is 13.9. The third-order valence-corrected chi connectivity index (χ3v) is 5.90. The van der Waals surface area contributed by atoms with Gasteiger partial charge in [0.05, 0.1) is 0 Å². The van der Waals surface area contributed by atoms with Gasteiger partial charge in [-0.25, -0.2) is 0 Å². The van der Waals surface area contributed by atoms with Gasteiger partial charge in [-0.1, -0.05) is 41.4 Å². The molecule has 1 nitrogen and oxygen atoms in total. The van der Waals surface area contributed by atoms with Gasteiger partial charge < -0.3 is 5.32 Å². The molecule has 0 atom stereocenters. The fraction of sp³-hybridized carbons (Fsp3) is 0.667. The van der Waals surface area contributed by atoms with Crippen LogP contribution in [0.25, 0.3) is 0 Å². The first-order valence-electron chi connectivity index (χ1n) is 8.26. The molecule has 0 bridgehead atoms. The highest BCUT2D eigenvalue weighted by atomic mass is 79.9. The molecule has 0 unspecified atom stereocenters. The smallest absolute Gasteiger partial charge is 0.0175 e. The van der Waals surface area contributed by atoms with Crippen molar-refractivity contribution in [3.05, 3.63) is 34.3 Å². The first-order chi connectivity index (χ1) is 9.74. The van der Waals surface area contributed by atoms with Crippen molar-refractivity contribution in [2.45, 2.75) is 69.9 Å². The molecule has 110 valence electrons. The van der Waals surface area contributed by atoms with Gasteiger partial charge in [0, 0.05) is 16.6 Å². The van der Waals surface area contributed by atoms with Crippen LogP contribution in [0.4, 0.5) is 0 Å². The molecule has 2 aliphatic carbocycles. The molecular formula is C18H26BrN. The number of halogens is 1. The van der Waals surface area contributed by atoms with E-state index >= 15 is 0 Å². The first-order valence-corrected chi connectivity index (χ1v) is 9.05. The summed E-state index contributed by atoms with van der Waals surface area (Å²) in [5.74, 6) is 1.79. The summed E-state index contributed by atoms with van der Waals surface area (Å²) in [6.07, 6.45) is 9.72. The van der Waals surface area contributed by atoms with Gasteiger partial charge in [-0.2, -0.15) is 0 Å². The SMILES string of the molecule is CCC1CCC(NC2CC(c3ccc(Br)cc3)C2)CC1. The zero-order valence-corrected chi connectivity index (χ0v) is 14.0. The highest BCUT2D eigenvalue weighted by Gasteiger charge is 2.32. The number of rotatable bonds is 4. The number of hydrogen-bond acceptors (Lipinski definition) is 1. The molecule has 0 saturated heterocycles. The quantitative estimate of drug-likeness (QED) is 0.791. The third kappa shape index (κ3) is 3.46. The molecule has 2 heteroatoms. The van der Waals surface area contributed by atoms with E-state index in [1.807, 2.05) is 0 Å². The molecule has 2 fully saturated rings. The predicted molar refractivity (Wildman–Crippen MR) is 89.1 cm³/mol. The summed E-state index contributed by atoms with van der Waals surface area (Å²) in [6.45, 7) is 2.34. The Balaban J connectivity index is 1.41. The molecule has 0 spiro atoms. The third-order valence-electron chi connectivity index (χ3n) is 5.37. The second-order valence-corrected chi connectivity index (χ2v) is 7.63. The molecule has 0 aliphatic heterocycles. The van der Waals surface area contributed by atoms with Crippen LogP contribution in [0, 0.1) is 5.92 Å². The number of hydrogen-bond donors (Lipinski definition) is 1. The molecule has 0 heterocycles. The van der Waals surface area contributed by atoms with Crippen molar-refractivity contribution in [2.24, 2.45) is 5.92 Å². The van der Waals surface area contributed by atoms with Crippen LogP contribution in [0.3, 0.4) is 0 Å². The lowest BCUT2D eigenvalue weighted by Gasteiger charge is -2.40. The molecule has 0 amide bonds. The van der Waals surface area contributed by atoms with Crippen molar-refractivity contribution in [2.75, 3.05) is 0 Å². The fourth-order valence-electron chi connectivity index (χ4n) is 3.83. The van der Waals surface area contributed by atoms with E-state index in [1.165, 1.54) is 55.0 Å². The normalized spacial score (nSPS) is 33.7. The van der Waals surface area contributed by atoms with E-state index in [-0.39, 0.29) is 0 Å². The van der Waals surface area contributed by atoms with E-state index in [1.54, 1.807) is 0 Å². The minimum absolute atomic E-state index is 0.770. The maximum Gasteiger partial charge on any atom is 0.0175 e. The van der Waals surface area contributed by atoms with Crippen LogP contribution in [0.2, 0.25) is 0 Å². The van der Waals surface area contributed by atoms with Crippen LogP contribution in [0.1, 0.15) is 63.4 Å². The van der Waals surface area contributed by atoms with Crippen LogP contribution in [0.15, 0.2) is 28.7 Å². The molecular weight excluding hydrogens is 310 g/mol. The van der Waals surface area contributed by atoms with Crippen molar-refractivity contribution in [1.29, 1.82) is 0 Å². The molecule has 1 N–H and O–H groups in total. The fourth-order valence-corrected chi connectivity index (χ4v) is 4.10. The molecule has 2 aliphatic rings. The molecule has 0 radical (unpaired) electrons. The minimum Gasteiger partial charge on any atom is -0.311 e. The van der Waals surface area contributed by atoms with E-state index in [2.05, 4.69) is 52.4 Å². The lowest BCUT2D eigenvalue weighted by molar-refractivity contribution is 0.215. The van der Waals surface area contributed by atoms with Crippen molar-refractivity contribution in [3.63, 3.8) is 0 Å². The largest absolute Gasteiger partial charge is 0.311 e. The Labute approximate surface area is 131 Å². The van der Waals surface area contributed by atoms with E-state index in [0.29, 0.717) is 0 Å². The highest BCUT2D eigenvalue weighted by molar-refractivity contribution is 9.10. The van der Waals surface area contributed by atoms with E-state index < -0.39 is 0 Å². The van der Waals surface area contributed by atoms with Crippen molar-refractivity contribution < 1.29 is 0 Å². The van der Waals surface area contributed by atoms with Gasteiger partial charge in [0.15, 0.2) is 0 Å². The van der Waals surface area contributed by atoms with Crippen LogP contribution < -0.4 is 5.32 Å². The lowest BCUT2D eigenvalue weighted by atomic mass is 9.75. The standard InChI is InChI=1S/C18H26BrN/c1-2-13-3-9-17(10-4-13)20-18-11-15(12-18)14-5-7-16(19)8-6-14/h5-8,13,15,17-18,20H,2-4,9-12H2,1H3. The Hall–Kier alpha value is -0.340. The Morgan fingerprint density at radius 2 is 1.65 bits per heavy atom. The minimum atomic E-state index is 0.770. The monoisotopic (exact) mass is 335 g/mol. The average Bonchev–Trinajstić information content (AvgIpc) is 2.44. The number of benzene rings is 1. The van der Waals surface area contributed by atoms with E-state index in [0.717, 1.165) is 23.9 Å². The van der Waals surface area contributed by atoms with Gasteiger partial charge in [-0.15, -0.1) is 0 Å². The Morgan fingerprint density at radius 1 is 1.00 bits per heavy atom. The van der Waals surface area contributed by atoms with Gasteiger partial charge in [-0.3, -0.25) is 0 Å². The van der Waals surface area contributed by atoms with Crippen LogP contribution >= 0.6 is 15.9 Å². The van der Waals surface area contributed by atoms with Gasteiger partial charge >= 0.3 is 0 Å². The topological polar surface area (TPSA) is 12.0 Å². The van der Waals surface area contributed by atoms with Crippen LogP contribution in [-0.4, -0.2) is 12.1 Å². The predicted octanol–water partition coefficient (Wildman–Crippen LogP) is 5.25. The zero-order valence-electron chi connectivity index (χ0n) is 12.4. The Kier molecular flexibility index (Phi) is 4.83. The van der Waals surface area contributed by atoms with E-state index in [9.17, 15) is 0 Å². The van der Waals surface area contributed by atoms with Crippen molar-refractivity contribution in [3.8, 4) is 0 Å². The second kappa shape index (κ2) is 6.62. The van der Waals surface area contributed by atoms with Crippen LogP contribution in [-0.2, 0) is 0 Å². The molecule has 1 aromatic carbocycles. The van der Waals surface area contributed by atoms with Gasteiger partial charge in [0.2, 0.25) is 0 Å². The maximum atomic E-state index is 3.90. The summed E-state index contributed by atoms with van der Waals surface area (Å²) in [6, 6.07) is 10.5. The first kappa shape index (κ1) is 14.6.